The molecule has 11 nitrogen and oxygen atoms in total. The molecule has 4 aromatic rings. The number of carbonyl (C=O) groups is 1. The van der Waals surface area contributed by atoms with Crippen LogP contribution in [-0.2, 0) is 0 Å². The Morgan fingerprint density at radius 1 is 1.25 bits per heavy atom. The predicted molar refractivity (Wildman–Crippen MR) is 139 cm³/mol. The van der Waals surface area contributed by atoms with Gasteiger partial charge in [0, 0.05) is 30.6 Å². The van der Waals surface area contributed by atoms with E-state index in [1.54, 1.807) is 18.6 Å². The molecule has 2 fully saturated rings. The van der Waals surface area contributed by atoms with Gasteiger partial charge in [0.1, 0.15) is 23.9 Å². The lowest BCUT2D eigenvalue weighted by Crippen LogP contribution is -2.54. The Bertz CT molecular complexity index is 1620. The number of alkyl halides is 3. The molecule has 1 saturated heterocycles. The predicted octanol–water partition coefficient (Wildman–Crippen LogP) is 4.59. The van der Waals surface area contributed by atoms with Gasteiger partial charge in [0.25, 0.3) is 5.91 Å². The molecule has 40 heavy (non-hydrogen) atoms. The molecule has 4 aromatic heterocycles. The highest BCUT2D eigenvalue weighted by atomic mass is 32.1. The van der Waals surface area contributed by atoms with Crippen LogP contribution in [0.4, 0.5) is 24.7 Å². The Labute approximate surface area is 230 Å². The molecule has 2 aliphatic rings. The van der Waals surface area contributed by atoms with E-state index in [1.807, 2.05) is 22.6 Å². The van der Waals surface area contributed by atoms with Crippen molar-refractivity contribution in [3.63, 3.8) is 0 Å². The van der Waals surface area contributed by atoms with Crippen LogP contribution in [0.15, 0.2) is 36.5 Å². The Kier molecular flexibility index (Phi) is 6.10. The number of nitrogens with zero attached hydrogens (tertiary/aromatic N) is 9. The van der Waals surface area contributed by atoms with Gasteiger partial charge in [-0.1, -0.05) is 0 Å². The second kappa shape index (κ2) is 9.40. The smallest absolute Gasteiger partial charge is 0.365 e. The first-order valence-corrected chi connectivity index (χ1v) is 13.4. The van der Waals surface area contributed by atoms with Crippen molar-refractivity contribution in [1.29, 1.82) is 5.26 Å². The van der Waals surface area contributed by atoms with Crippen LogP contribution in [0.5, 0.6) is 0 Å². The second-order valence-electron chi connectivity index (χ2n) is 10.3. The Morgan fingerprint density at radius 2 is 2.02 bits per heavy atom. The van der Waals surface area contributed by atoms with E-state index in [1.165, 1.54) is 5.38 Å². The molecule has 0 unspecified atom stereocenters. The minimum Gasteiger partial charge on any atom is -0.365 e. The summed E-state index contributed by atoms with van der Waals surface area (Å²) in [4.78, 5) is 28.4. The van der Waals surface area contributed by atoms with Gasteiger partial charge < -0.3 is 14.8 Å². The topological polar surface area (TPSA) is 130 Å². The van der Waals surface area contributed by atoms with Gasteiger partial charge in [-0.2, -0.15) is 18.4 Å². The summed E-state index contributed by atoms with van der Waals surface area (Å²) >= 11 is 1.03. The summed E-state index contributed by atoms with van der Waals surface area (Å²) in [5, 5.41) is 21.2. The number of hydrogen-bond acceptors (Lipinski definition) is 9. The summed E-state index contributed by atoms with van der Waals surface area (Å²) in [7, 11) is 0. The third-order valence-corrected chi connectivity index (χ3v) is 7.90. The van der Waals surface area contributed by atoms with Crippen molar-refractivity contribution in [3.05, 3.63) is 47.9 Å². The molecule has 0 aromatic carbocycles. The first-order valence-electron chi connectivity index (χ1n) is 12.5. The zero-order chi connectivity index (χ0) is 28.2. The van der Waals surface area contributed by atoms with E-state index in [-0.39, 0.29) is 22.3 Å². The summed E-state index contributed by atoms with van der Waals surface area (Å²) in [6, 6.07) is 2.14. The molecule has 206 valence electrons. The van der Waals surface area contributed by atoms with Gasteiger partial charge >= 0.3 is 6.18 Å². The number of imidazole rings is 1. The van der Waals surface area contributed by atoms with Crippen LogP contribution in [-0.4, -0.2) is 59.5 Å². The molecule has 6 rings (SSSR count). The highest BCUT2D eigenvalue weighted by molar-refractivity contribution is 7.13. The number of nitrogens with one attached hydrogen (secondary N) is 1. The van der Waals surface area contributed by atoms with Crippen molar-refractivity contribution in [2.24, 2.45) is 5.41 Å². The summed E-state index contributed by atoms with van der Waals surface area (Å²) in [5.74, 6) is 0.00940. The average molecular weight is 569 g/mol. The van der Waals surface area contributed by atoms with Gasteiger partial charge in [-0.25, -0.2) is 15.0 Å². The maximum Gasteiger partial charge on any atom is 0.408 e. The van der Waals surface area contributed by atoms with Gasteiger partial charge in [-0.15, -0.1) is 21.5 Å². The number of hydrogen-bond donors (Lipinski definition) is 1. The lowest BCUT2D eigenvalue weighted by atomic mass is 9.83. The molecule has 0 spiro atoms. The van der Waals surface area contributed by atoms with Gasteiger partial charge in [0.05, 0.1) is 41.1 Å². The van der Waals surface area contributed by atoms with E-state index in [0.717, 1.165) is 53.4 Å². The van der Waals surface area contributed by atoms with Crippen LogP contribution in [0.3, 0.4) is 0 Å². The minimum absolute atomic E-state index is 0.0504. The fourth-order valence-corrected chi connectivity index (χ4v) is 5.30. The maximum atomic E-state index is 13.3. The Hall–Kier alpha value is -4.32. The third kappa shape index (κ3) is 4.79. The molecular weight excluding hydrogens is 545 g/mol. The van der Waals surface area contributed by atoms with Crippen LogP contribution in [0.2, 0.25) is 0 Å². The van der Waals surface area contributed by atoms with E-state index < -0.39 is 23.5 Å². The lowest BCUT2D eigenvalue weighted by Gasteiger charge is -2.45. The van der Waals surface area contributed by atoms with Crippen molar-refractivity contribution >= 4 is 28.7 Å². The molecule has 1 amide bonds. The number of anilines is 2. The molecule has 1 saturated carbocycles. The van der Waals surface area contributed by atoms with Crippen molar-refractivity contribution in [3.8, 4) is 22.6 Å². The van der Waals surface area contributed by atoms with E-state index in [2.05, 4.69) is 36.5 Å². The minimum atomic E-state index is -4.49. The number of carbonyl (C=O) groups excluding carboxylic acids is 1. The fourth-order valence-electron chi connectivity index (χ4n) is 4.56. The standard InChI is InChI=1S/C25H23F3N10OS/c1-14(25(26,27)28)38-13-32-35-21(38)23-34-20(8-40-23)33-22(39)16-5-18(36-7-17(31-12-36)15-3-4-15)19(6-30-16)37-10-24(2,9-29)11-37/h5-8,12-15H,3-4,10-11H2,1-2H3,(H,33,39)/t14-/m0/s1. The van der Waals surface area contributed by atoms with Crippen LogP contribution in [0.25, 0.3) is 16.5 Å². The number of amides is 1. The number of rotatable bonds is 7. The first kappa shape index (κ1) is 25.9. The SMILES string of the molecule is C[C@H](n1cnnc1-c1nc(NC(=O)c2cc(-n3cnc(C4CC4)c3)c(N3CC(C)(C#N)C3)cn2)cs1)C(F)(F)F. The third-order valence-electron chi connectivity index (χ3n) is 7.06. The fraction of sp³-hybridized carbons (Fsp3) is 0.400. The first-order chi connectivity index (χ1) is 19.0. The quantitative estimate of drug-likeness (QED) is 0.343. The highest BCUT2D eigenvalue weighted by Gasteiger charge is 2.41. The average Bonchev–Trinajstić information content (AvgIpc) is 3.28. The van der Waals surface area contributed by atoms with Crippen LogP contribution >= 0.6 is 11.3 Å². The Morgan fingerprint density at radius 3 is 2.73 bits per heavy atom. The molecule has 1 aliphatic carbocycles. The number of pyridine rings is 1. The summed E-state index contributed by atoms with van der Waals surface area (Å²) in [6.45, 7) is 3.97. The second-order valence-corrected chi connectivity index (χ2v) is 11.2. The van der Waals surface area contributed by atoms with Crippen molar-refractivity contribution < 1.29 is 18.0 Å². The molecule has 0 radical (unpaired) electrons. The lowest BCUT2D eigenvalue weighted by molar-refractivity contribution is -0.162. The zero-order valence-corrected chi connectivity index (χ0v) is 22.2. The summed E-state index contributed by atoms with van der Waals surface area (Å²) in [6.07, 6.45) is 3.98. The monoisotopic (exact) mass is 568 g/mol. The zero-order valence-electron chi connectivity index (χ0n) is 21.4. The van der Waals surface area contributed by atoms with Crippen molar-refractivity contribution in [1.82, 2.24) is 34.3 Å². The van der Waals surface area contributed by atoms with E-state index in [9.17, 15) is 23.2 Å². The summed E-state index contributed by atoms with van der Waals surface area (Å²) < 4.78 is 42.5. The number of nitriles is 1. The molecule has 5 heterocycles. The molecule has 1 N–H and O–H groups in total. The molecule has 15 heteroatoms. The summed E-state index contributed by atoms with van der Waals surface area (Å²) in [5.41, 5.74) is 2.13. The van der Waals surface area contributed by atoms with Gasteiger partial charge in [-0.3, -0.25) is 9.36 Å². The van der Waals surface area contributed by atoms with Crippen LogP contribution < -0.4 is 10.2 Å². The van der Waals surface area contributed by atoms with Crippen LogP contribution in [0.1, 0.15) is 54.8 Å². The Balaban J connectivity index is 1.25. The maximum absolute atomic E-state index is 13.3. The van der Waals surface area contributed by atoms with E-state index in [0.29, 0.717) is 24.7 Å². The largest absolute Gasteiger partial charge is 0.408 e. The van der Waals surface area contributed by atoms with Gasteiger partial charge in [-0.05, 0) is 32.8 Å². The number of halogens is 3. The van der Waals surface area contributed by atoms with Gasteiger partial charge in [0.15, 0.2) is 10.8 Å². The normalized spacial score (nSPS) is 17.2. The van der Waals surface area contributed by atoms with E-state index in [4.69, 9.17) is 0 Å². The van der Waals surface area contributed by atoms with Crippen molar-refractivity contribution in [2.45, 2.75) is 44.8 Å². The number of thiazole rings is 1. The molecule has 1 atom stereocenters. The number of aromatic nitrogens is 7. The van der Waals surface area contributed by atoms with Crippen LogP contribution in [0, 0.1) is 16.7 Å². The van der Waals surface area contributed by atoms with E-state index >= 15 is 0 Å². The van der Waals surface area contributed by atoms with Gasteiger partial charge in [0.2, 0.25) is 0 Å². The molecule has 0 bridgehead atoms. The molecule has 1 aliphatic heterocycles. The van der Waals surface area contributed by atoms with Crippen molar-refractivity contribution in [2.75, 3.05) is 23.3 Å². The highest BCUT2D eigenvalue weighted by Crippen LogP contribution is 2.41. The molecular formula is C25H23F3N10OS.